The lowest BCUT2D eigenvalue weighted by atomic mass is 10.3. The fourth-order valence-electron chi connectivity index (χ4n) is 1.71. The lowest BCUT2D eigenvalue weighted by Gasteiger charge is -2.25. The van der Waals surface area contributed by atoms with Crippen molar-refractivity contribution in [3.05, 3.63) is 0 Å². The van der Waals surface area contributed by atoms with Gasteiger partial charge in [-0.05, 0) is 12.8 Å². The summed E-state index contributed by atoms with van der Waals surface area (Å²) in [5.74, 6) is 0. The lowest BCUT2D eigenvalue weighted by molar-refractivity contribution is 0.197. The van der Waals surface area contributed by atoms with E-state index in [4.69, 9.17) is 78.7 Å². The summed E-state index contributed by atoms with van der Waals surface area (Å²) in [6, 6.07) is 0.00610. The van der Waals surface area contributed by atoms with Crippen LogP contribution in [0.3, 0.4) is 0 Å². The van der Waals surface area contributed by atoms with Crippen LogP contribution in [0.5, 0.6) is 0 Å². The first-order chi connectivity index (χ1) is 8.99. The minimum absolute atomic E-state index is 0.00610. The Morgan fingerprint density at radius 3 is 1.70 bits per heavy atom. The van der Waals surface area contributed by atoms with E-state index >= 15 is 0 Å². The van der Waals surface area contributed by atoms with Crippen LogP contribution in [0.1, 0.15) is 25.7 Å². The van der Waals surface area contributed by atoms with Crippen molar-refractivity contribution >= 4 is 77.4 Å². The van der Waals surface area contributed by atoms with Crippen molar-refractivity contribution in [3.63, 3.8) is 0 Å². The number of rotatable bonds is 6. The summed E-state index contributed by atoms with van der Waals surface area (Å²) in [4.78, 5) is 0. The molecule has 0 radical (unpaired) electrons. The van der Waals surface area contributed by atoms with E-state index in [1.165, 1.54) is 0 Å². The second-order valence-electron chi connectivity index (χ2n) is 4.39. The molecule has 0 aromatic carbocycles. The molecule has 1 fully saturated rings. The van der Waals surface area contributed by atoms with Crippen LogP contribution in [0, 0.1) is 0 Å². The van der Waals surface area contributed by atoms with Crippen LogP contribution in [-0.4, -0.2) is 26.8 Å². The second kappa shape index (κ2) is 8.10. The summed E-state index contributed by atoms with van der Waals surface area (Å²) >= 11 is 33.4. The summed E-state index contributed by atoms with van der Waals surface area (Å²) in [6.07, 6.45) is 3.79. The molecule has 0 aromatic rings. The van der Waals surface area contributed by atoms with Gasteiger partial charge in [-0.3, -0.25) is 9.05 Å². The molecule has 1 aliphatic carbocycles. The molecule has 0 heterocycles. The third-order valence-electron chi connectivity index (χ3n) is 2.49. The van der Waals surface area contributed by atoms with Crippen molar-refractivity contribution in [1.29, 1.82) is 0 Å². The van der Waals surface area contributed by atoms with Gasteiger partial charge in [-0.25, -0.2) is 9.65 Å². The Morgan fingerprint density at radius 2 is 1.35 bits per heavy atom. The van der Waals surface area contributed by atoms with E-state index in [0.29, 0.717) is 0 Å². The maximum absolute atomic E-state index is 12.6. The van der Waals surface area contributed by atoms with Crippen LogP contribution in [0.15, 0.2) is 0 Å². The summed E-state index contributed by atoms with van der Waals surface area (Å²) in [5.41, 5.74) is 0. The van der Waals surface area contributed by atoms with Crippen molar-refractivity contribution in [2.75, 3.05) is 13.2 Å². The van der Waals surface area contributed by atoms with Crippen LogP contribution in [0.25, 0.3) is 0 Å². The van der Waals surface area contributed by atoms with Gasteiger partial charge in [-0.1, -0.05) is 82.4 Å². The zero-order chi connectivity index (χ0) is 15.4. The Balaban J connectivity index is 2.63. The van der Waals surface area contributed by atoms with Crippen molar-refractivity contribution in [3.8, 4) is 0 Å². The number of halogens is 6. The number of hydrogen-bond acceptors (Lipinski definition) is 3. The van der Waals surface area contributed by atoms with Gasteiger partial charge in [-0.15, -0.1) is 0 Å². The molecule has 0 aromatic heterocycles. The van der Waals surface area contributed by atoms with Crippen molar-refractivity contribution < 1.29 is 13.6 Å². The molecule has 1 rings (SSSR count). The highest BCUT2D eigenvalue weighted by Gasteiger charge is 2.36. The van der Waals surface area contributed by atoms with Gasteiger partial charge in [0.05, 0.1) is 0 Å². The largest absolute Gasteiger partial charge is 0.406 e. The van der Waals surface area contributed by atoms with Crippen molar-refractivity contribution in [2.45, 2.75) is 39.3 Å². The van der Waals surface area contributed by atoms with Gasteiger partial charge in [-0.2, -0.15) is 0 Å². The van der Waals surface area contributed by atoms with Crippen LogP contribution in [-0.2, 0) is 13.6 Å². The van der Waals surface area contributed by atoms with Gasteiger partial charge in [0.25, 0.3) is 0 Å². The molecule has 0 bridgehead atoms. The third-order valence-corrected chi connectivity index (χ3v) is 4.77. The molecule has 11 heteroatoms. The van der Waals surface area contributed by atoms with Crippen LogP contribution >= 0.6 is 77.4 Å². The van der Waals surface area contributed by atoms with E-state index in [1.807, 2.05) is 0 Å². The first-order valence-corrected chi connectivity index (χ1v) is 9.61. The lowest BCUT2D eigenvalue weighted by Crippen LogP contribution is -2.28. The van der Waals surface area contributed by atoms with E-state index < -0.39 is 28.5 Å². The molecule has 1 N–H and O–H groups in total. The van der Waals surface area contributed by atoms with Gasteiger partial charge >= 0.3 is 7.75 Å². The van der Waals surface area contributed by atoms with Gasteiger partial charge in [0.2, 0.25) is 7.59 Å². The molecule has 0 unspecified atom stereocenters. The van der Waals surface area contributed by atoms with Gasteiger partial charge in [0.15, 0.2) is 0 Å². The monoisotopic (exact) mass is 425 g/mol. The highest BCUT2D eigenvalue weighted by atomic mass is 35.6. The van der Waals surface area contributed by atoms with E-state index in [-0.39, 0.29) is 6.04 Å². The second-order valence-corrected chi connectivity index (χ2v) is 11.2. The number of nitrogens with one attached hydrogen (secondary N) is 1. The average molecular weight is 428 g/mol. The Morgan fingerprint density at radius 1 is 0.950 bits per heavy atom. The first-order valence-electron chi connectivity index (χ1n) is 5.79. The zero-order valence-electron chi connectivity index (χ0n) is 10.3. The van der Waals surface area contributed by atoms with E-state index in [1.54, 1.807) is 0 Å². The molecular weight excluding hydrogens is 414 g/mol. The highest BCUT2D eigenvalue weighted by molar-refractivity contribution is 7.51. The molecule has 20 heavy (non-hydrogen) atoms. The summed E-state index contributed by atoms with van der Waals surface area (Å²) in [6.45, 7) is -0.816. The zero-order valence-corrected chi connectivity index (χ0v) is 15.7. The van der Waals surface area contributed by atoms with Gasteiger partial charge < -0.3 is 0 Å². The molecule has 120 valence electrons. The summed E-state index contributed by atoms with van der Waals surface area (Å²) in [7, 11) is -3.72. The number of alkyl halides is 6. The average Bonchev–Trinajstić information content (AvgIpc) is 2.75. The predicted octanol–water partition coefficient (Wildman–Crippen LogP) is 5.40. The molecule has 4 nitrogen and oxygen atoms in total. The Hall–Kier alpha value is 1.85. The van der Waals surface area contributed by atoms with E-state index in [9.17, 15) is 4.57 Å². The molecule has 0 amide bonds. The highest BCUT2D eigenvalue weighted by Crippen LogP contribution is 2.49. The molecule has 1 saturated carbocycles. The van der Waals surface area contributed by atoms with Gasteiger partial charge in [0, 0.05) is 6.04 Å². The van der Waals surface area contributed by atoms with Crippen LogP contribution in [0.2, 0.25) is 0 Å². The molecule has 0 spiro atoms. The Labute approximate surface area is 148 Å². The smallest absolute Gasteiger partial charge is 0.292 e. The standard InChI is InChI=1S/C9H14Cl6NO3P/c10-8(11,12)5-18-20(17,19-6-9(13,14)15)16-7-3-1-2-4-7/h7H,1-6H2,(H,16,17). The van der Waals surface area contributed by atoms with Gasteiger partial charge in [0.1, 0.15) is 13.2 Å². The minimum Gasteiger partial charge on any atom is -0.292 e. The Bertz CT molecular complexity index is 331. The third kappa shape index (κ3) is 9.09. The minimum atomic E-state index is -3.72. The van der Waals surface area contributed by atoms with E-state index in [0.717, 1.165) is 25.7 Å². The maximum atomic E-state index is 12.6. The summed E-state index contributed by atoms with van der Waals surface area (Å²) < 4.78 is 19.3. The van der Waals surface area contributed by atoms with Crippen molar-refractivity contribution in [2.24, 2.45) is 0 Å². The maximum Gasteiger partial charge on any atom is 0.406 e. The molecule has 0 saturated heterocycles. The fraction of sp³-hybridized carbons (Fsp3) is 1.00. The quantitative estimate of drug-likeness (QED) is 0.455. The van der Waals surface area contributed by atoms with E-state index in [2.05, 4.69) is 5.09 Å². The topological polar surface area (TPSA) is 47.6 Å². The Kier molecular flexibility index (Phi) is 8.06. The van der Waals surface area contributed by atoms with Crippen LogP contribution < -0.4 is 5.09 Å². The van der Waals surface area contributed by atoms with Crippen LogP contribution in [0.4, 0.5) is 0 Å². The number of hydrogen-bond donors (Lipinski definition) is 1. The first kappa shape index (κ1) is 19.9. The SMILES string of the molecule is O=P(NC1CCCC1)(OCC(Cl)(Cl)Cl)OCC(Cl)(Cl)Cl. The predicted molar refractivity (Wildman–Crippen MR) is 85.5 cm³/mol. The molecular formula is C9H14Cl6NO3P. The normalized spacial score (nSPS) is 18.7. The van der Waals surface area contributed by atoms with Crippen molar-refractivity contribution in [1.82, 2.24) is 5.09 Å². The molecule has 1 aliphatic rings. The fourth-order valence-corrected chi connectivity index (χ4v) is 4.15. The summed E-state index contributed by atoms with van der Waals surface area (Å²) in [5, 5.41) is 2.80. The molecule has 0 aliphatic heterocycles. The molecule has 0 atom stereocenters.